The van der Waals surface area contributed by atoms with Crippen LogP contribution in [-0.4, -0.2) is 37.1 Å². The Hall–Kier alpha value is -0.490. The van der Waals surface area contributed by atoms with Crippen molar-refractivity contribution < 1.29 is 18.0 Å². The standard InChI is InChI=1S/C7H10ClF3N2O/c8-1-6(14)13-5-3-12-2-4(5)7(9,10)11/h4-5,12H,1-3H2,(H,13,14)/t4-,5-/m1/s1. The maximum Gasteiger partial charge on any atom is 0.395 e. The Morgan fingerprint density at radius 3 is 2.64 bits per heavy atom. The molecule has 1 aliphatic heterocycles. The smallest absolute Gasteiger partial charge is 0.350 e. The fourth-order valence-corrected chi connectivity index (χ4v) is 1.50. The van der Waals surface area contributed by atoms with Gasteiger partial charge in [-0.2, -0.15) is 13.2 Å². The summed E-state index contributed by atoms with van der Waals surface area (Å²) in [6.45, 7) is -0.0243. The van der Waals surface area contributed by atoms with Crippen LogP contribution >= 0.6 is 11.6 Å². The first-order valence-corrected chi connectivity index (χ1v) is 4.61. The van der Waals surface area contributed by atoms with E-state index in [0.29, 0.717) is 0 Å². The van der Waals surface area contributed by atoms with Crippen LogP contribution in [-0.2, 0) is 4.79 Å². The van der Waals surface area contributed by atoms with Crippen LogP contribution in [0.4, 0.5) is 13.2 Å². The van der Waals surface area contributed by atoms with Crippen LogP contribution in [0.25, 0.3) is 0 Å². The van der Waals surface area contributed by atoms with Gasteiger partial charge in [-0.3, -0.25) is 4.79 Å². The average Bonchev–Trinajstić information content (AvgIpc) is 2.51. The molecule has 3 nitrogen and oxygen atoms in total. The molecule has 82 valence electrons. The molecular weight excluding hydrogens is 221 g/mol. The number of carbonyl (C=O) groups is 1. The average molecular weight is 231 g/mol. The summed E-state index contributed by atoms with van der Waals surface area (Å²) in [6, 6.07) is -0.902. The van der Waals surface area contributed by atoms with Crippen LogP contribution in [0.3, 0.4) is 0 Å². The number of alkyl halides is 4. The molecule has 0 bridgehead atoms. The number of halogens is 4. The molecule has 0 aromatic rings. The van der Waals surface area contributed by atoms with Crippen molar-refractivity contribution in [3.8, 4) is 0 Å². The van der Waals surface area contributed by atoms with Gasteiger partial charge in [-0.05, 0) is 0 Å². The van der Waals surface area contributed by atoms with Gasteiger partial charge in [-0.15, -0.1) is 11.6 Å². The summed E-state index contributed by atoms with van der Waals surface area (Å²) in [5, 5.41) is 4.81. The number of carbonyl (C=O) groups excluding carboxylic acids is 1. The molecule has 2 atom stereocenters. The van der Waals surface area contributed by atoms with Crippen molar-refractivity contribution in [1.82, 2.24) is 10.6 Å². The lowest BCUT2D eigenvalue weighted by Gasteiger charge is -2.21. The Balaban J connectivity index is 2.56. The highest BCUT2D eigenvalue weighted by molar-refractivity contribution is 6.27. The normalized spacial score (nSPS) is 27.7. The minimum atomic E-state index is -4.28. The first-order valence-electron chi connectivity index (χ1n) is 4.08. The molecule has 0 spiro atoms. The third-order valence-corrected chi connectivity index (χ3v) is 2.35. The molecular formula is C7H10ClF3N2O. The minimum absolute atomic E-state index is 0.132. The van der Waals surface area contributed by atoms with E-state index in [0.717, 1.165) is 0 Å². The zero-order valence-electron chi connectivity index (χ0n) is 7.20. The van der Waals surface area contributed by atoms with E-state index in [-0.39, 0.29) is 19.0 Å². The Kier molecular flexibility index (Phi) is 3.60. The van der Waals surface area contributed by atoms with Gasteiger partial charge in [0.25, 0.3) is 0 Å². The molecule has 0 saturated carbocycles. The van der Waals surface area contributed by atoms with E-state index in [2.05, 4.69) is 10.6 Å². The van der Waals surface area contributed by atoms with E-state index >= 15 is 0 Å². The van der Waals surface area contributed by atoms with Crippen LogP contribution in [0.2, 0.25) is 0 Å². The Morgan fingerprint density at radius 1 is 1.50 bits per heavy atom. The van der Waals surface area contributed by atoms with E-state index in [4.69, 9.17) is 11.6 Å². The van der Waals surface area contributed by atoms with Gasteiger partial charge in [0.15, 0.2) is 0 Å². The molecule has 1 rings (SSSR count). The highest BCUT2D eigenvalue weighted by atomic mass is 35.5. The molecule has 7 heteroatoms. The van der Waals surface area contributed by atoms with Gasteiger partial charge in [0.2, 0.25) is 5.91 Å². The van der Waals surface area contributed by atoms with Gasteiger partial charge >= 0.3 is 6.18 Å². The van der Waals surface area contributed by atoms with Gasteiger partial charge in [0, 0.05) is 13.1 Å². The van der Waals surface area contributed by atoms with Gasteiger partial charge in [-0.1, -0.05) is 0 Å². The molecule has 0 unspecified atom stereocenters. The summed E-state index contributed by atoms with van der Waals surface area (Å²) in [5.74, 6) is -2.41. The Morgan fingerprint density at radius 2 is 2.14 bits per heavy atom. The fraction of sp³-hybridized carbons (Fsp3) is 0.857. The van der Waals surface area contributed by atoms with E-state index in [1.54, 1.807) is 0 Å². The summed E-state index contributed by atoms with van der Waals surface area (Å²) in [7, 11) is 0. The maximum atomic E-state index is 12.3. The molecule has 0 aromatic carbocycles. The SMILES string of the molecule is O=C(CCl)N[C@@H]1CNC[C@H]1C(F)(F)F. The first-order chi connectivity index (χ1) is 6.45. The van der Waals surface area contributed by atoms with Gasteiger partial charge in [0.1, 0.15) is 5.88 Å². The third-order valence-electron chi connectivity index (χ3n) is 2.10. The lowest BCUT2D eigenvalue weighted by Crippen LogP contribution is -2.45. The summed E-state index contributed by atoms with van der Waals surface area (Å²) in [4.78, 5) is 10.8. The number of amides is 1. The van der Waals surface area contributed by atoms with Crippen molar-refractivity contribution in [2.75, 3.05) is 19.0 Å². The molecule has 0 aromatic heterocycles. The zero-order chi connectivity index (χ0) is 10.8. The van der Waals surface area contributed by atoms with Crippen molar-refractivity contribution in [1.29, 1.82) is 0 Å². The molecule has 1 heterocycles. The van der Waals surface area contributed by atoms with Crippen LogP contribution in [0, 0.1) is 5.92 Å². The highest BCUT2D eigenvalue weighted by Crippen LogP contribution is 2.30. The summed E-state index contributed by atoms with van der Waals surface area (Å²) < 4.78 is 37.0. The Bertz CT molecular complexity index is 221. The molecule has 1 aliphatic rings. The van der Waals surface area contributed by atoms with E-state index in [9.17, 15) is 18.0 Å². The monoisotopic (exact) mass is 230 g/mol. The van der Waals surface area contributed by atoms with Crippen molar-refractivity contribution in [2.24, 2.45) is 5.92 Å². The van der Waals surface area contributed by atoms with Crippen LogP contribution in [0.15, 0.2) is 0 Å². The summed E-state index contributed by atoms with van der Waals surface area (Å²) in [6.07, 6.45) is -4.28. The second kappa shape index (κ2) is 4.35. The fourth-order valence-electron chi connectivity index (χ4n) is 1.42. The first kappa shape index (κ1) is 11.6. The van der Waals surface area contributed by atoms with Crippen LogP contribution in [0.1, 0.15) is 0 Å². The van der Waals surface area contributed by atoms with Crippen molar-refractivity contribution in [3.63, 3.8) is 0 Å². The molecule has 1 amide bonds. The minimum Gasteiger partial charge on any atom is -0.350 e. The number of nitrogens with one attached hydrogen (secondary N) is 2. The molecule has 14 heavy (non-hydrogen) atoms. The second-order valence-corrected chi connectivity index (χ2v) is 3.38. The predicted molar refractivity (Wildman–Crippen MR) is 45.1 cm³/mol. The molecule has 0 radical (unpaired) electrons. The highest BCUT2D eigenvalue weighted by Gasteiger charge is 2.47. The molecule has 1 fully saturated rings. The van der Waals surface area contributed by atoms with Crippen molar-refractivity contribution in [2.45, 2.75) is 12.2 Å². The second-order valence-electron chi connectivity index (χ2n) is 3.11. The van der Waals surface area contributed by atoms with E-state index < -0.39 is 24.0 Å². The quantitative estimate of drug-likeness (QED) is 0.678. The van der Waals surface area contributed by atoms with Crippen LogP contribution in [0.5, 0.6) is 0 Å². The van der Waals surface area contributed by atoms with Crippen molar-refractivity contribution in [3.05, 3.63) is 0 Å². The molecule has 1 saturated heterocycles. The lowest BCUT2D eigenvalue weighted by atomic mass is 10.0. The zero-order valence-corrected chi connectivity index (χ0v) is 7.95. The van der Waals surface area contributed by atoms with Crippen LogP contribution < -0.4 is 10.6 Å². The molecule has 2 N–H and O–H groups in total. The third kappa shape index (κ3) is 2.75. The van der Waals surface area contributed by atoms with E-state index in [1.165, 1.54) is 0 Å². The predicted octanol–water partition coefficient (Wildman–Crippen LogP) is 0.492. The largest absolute Gasteiger partial charge is 0.395 e. The molecule has 0 aliphatic carbocycles. The number of rotatable bonds is 2. The van der Waals surface area contributed by atoms with Crippen molar-refractivity contribution >= 4 is 17.5 Å². The lowest BCUT2D eigenvalue weighted by molar-refractivity contribution is -0.174. The number of hydrogen-bond donors (Lipinski definition) is 2. The van der Waals surface area contributed by atoms with Gasteiger partial charge in [-0.25, -0.2) is 0 Å². The topological polar surface area (TPSA) is 41.1 Å². The maximum absolute atomic E-state index is 12.3. The summed E-state index contributed by atoms with van der Waals surface area (Å²) in [5.41, 5.74) is 0. The van der Waals surface area contributed by atoms with E-state index in [1.807, 2.05) is 0 Å². The Labute approximate surface area is 84.0 Å². The van der Waals surface area contributed by atoms with Gasteiger partial charge < -0.3 is 10.6 Å². The number of hydrogen-bond acceptors (Lipinski definition) is 2. The van der Waals surface area contributed by atoms with Gasteiger partial charge in [0.05, 0.1) is 12.0 Å². The summed E-state index contributed by atoms with van der Waals surface area (Å²) >= 11 is 5.18.